The molecule has 2 aromatic carbocycles. The number of amides is 2. The van der Waals surface area contributed by atoms with Gasteiger partial charge in [-0.15, -0.1) is 0 Å². The summed E-state index contributed by atoms with van der Waals surface area (Å²) < 4.78 is 10.7. The smallest absolute Gasteiger partial charge is 0.262 e. The first-order chi connectivity index (χ1) is 13.6. The second-order valence-corrected chi connectivity index (χ2v) is 7.23. The van der Waals surface area contributed by atoms with Gasteiger partial charge in [-0.25, -0.2) is 0 Å². The monoisotopic (exact) mass is 380 g/mol. The number of nitrogens with one attached hydrogen (secondary N) is 1. The van der Waals surface area contributed by atoms with Gasteiger partial charge in [0.05, 0.1) is 7.11 Å². The Balaban J connectivity index is 1.41. The third kappa shape index (κ3) is 4.11. The molecule has 1 saturated carbocycles. The third-order valence-electron chi connectivity index (χ3n) is 5.09. The molecule has 1 aliphatic carbocycles. The number of hydrogen-bond acceptors (Lipinski definition) is 4. The van der Waals surface area contributed by atoms with Crippen molar-refractivity contribution in [2.24, 2.45) is 5.92 Å². The van der Waals surface area contributed by atoms with Gasteiger partial charge in [0.1, 0.15) is 11.5 Å². The van der Waals surface area contributed by atoms with Crippen molar-refractivity contribution in [1.82, 2.24) is 0 Å². The van der Waals surface area contributed by atoms with E-state index in [1.54, 1.807) is 25.3 Å². The van der Waals surface area contributed by atoms with E-state index >= 15 is 0 Å². The summed E-state index contributed by atoms with van der Waals surface area (Å²) in [5, 5.41) is 2.86. The molecule has 2 aromatic rings. The van der Waals surface area contributed by atoms with E-state index in [9.17, 15) is 9.59 Å². The molecule has 0 spiro atoms. The topological polar surface area (TPSA) is 67.9 Å². The zero-order valence-electron chi connectivity index (χ0n) is 15.9. The molecule has 4 rings (SSSR count). The van der Waals surface area contributed by atoms with E-state index in [1.165, 1.54) is 0 Å². The maximum absolute atomic E-state index is 12.6. The minimum absolute atomic E-state index is 0.102. The molecule has 146 valence electrons. The summed E-state index contributed by atoms with van der Waals surface area (Å²) in [6, 6.07) is 12.9. The molecule has 6 nitrogen and oxygen atoms in total. The van der Waals surface area contributed by atoms with Gasteiger partial charge in [0.2, 0.25) is 5.91 Å². The van der Waals surface area contributed by atoms with Crippen LogP contribution in [0.5, 0.6) is 11.5 Å². The Morgan fingerprint density at radius 2 is 1.96 bits per heavy atom. The molecule has 2 amide bonds. The highest BCUT2D eigenvalue weighted by Crippen LogP contribution is 2.36. The van der Waals surface area contributed by atoms with Crippen molar-refractivity contribution in [3.63, 3.8) is 0 Å². The van der Waals surface area contributed by atoms with Gasteiger partial charge < -0.3 is 19.7 Å². The van der Waals surface area contributed by atoms with Crippen LogP contribution < -0.4 is 19.7 Å². The lowest BCUT2D eigenvalue weighted by Gasteiger charge is -2.30. The van der Waals surface area contributed by atoms with Crippen LogP contribution in [0, 0.1) is 5.92 Å². The normalized spacial score (nSPS) is 15.5. The average molecular weight is 380 g/mol. The summed E-state index contributed by atoms with van der Waals surface area (Å²) in [7, 11) is 1.58. The fourth-order valence-corrected chi connectivity index (χ4v) is 3.47. The maximum Gasteiger partial charge on any atom is 0.262 e. The summed E-state index contributed by atoms with van der Waals surface area (Å²) in [5.41, 5.74) is 2.76. The van der Waals surface area contributed by atoms with Gasteiger partial charge in [-0.3, -0.25) is 9.59 Å². The Kier molecular flexibility index (Phi) is 5.19. The van der Waals surface area contributed by atoms with Crippen molar-refractivity contribution in [3.05, 3.63) is 48.0 Å². The van der Waals surface area contributed by atoms with E-state index in [0.717, 1.165) is 43.5 Å². The molecule has 0 bridgehead atoms. The molecule has 0 aromatic heterocycles. The van der Waals surface area contributed by atoms with E-state index in [-0.39, 0.29) is 24.3 Å². The van der Waals surface area contributed by atoms with E-state index in [2.05, 4.69) is 5.32 Å². The highest BCUT2D eigenvalue weighted by Gasteiger charge is 2.35. The van der Waals surface area contributed by atoms with Crippen molar-refractivity contribution in [2.45, 2.75) is 25.7 Å². The van der Waals surface area contributed by atoms with Crippen LogP contribution in [0.3, 0.4) is 0 Å². The average Bonchev–Trinajstić information content (AvgIpc) is 3.57. The van der Waals surface area contributed by atoms with Gasteiger partial charge in [-0.05, 0) is 55.5 Å². The van der Waals surface area contributed by atoms with Crippen LogP contribution in [0.15, 0.2) is 42.5 Å². The molecular weight excluding hydrogens is 356 g/mol. The summed E-state index contributed by atoms with van der Waals surface area (Å²) in [5.74, 6) is 1.39. The zero-order valence-corrected chi connectivity index (χ0v) is 15.9. The van der Waals surface area contributed by atoms with E-state index < -0.39 is 0 Å². The lowest BCUT2D eigenvalue weighted by atomic mass is 10.0. The van der Waals surface area contributed by atoms with Crippen molar-refractivity contribution in [1.29, 1.82) is 0 Å². The third-order valence-corrected chi connectivity index (χ3v) is 5.09. The molecule has 0 saturated heterocycles. The van der Waals surface area contributed by atoms with Crippen molar-refractivity contribution >= 4 is 23.2 Å². The van der Waals surface area contributed by atoms with Crippen molar-refractivity contribution in [2.75, 3.05) is 30.5 Å². The number of ether oxygens (including phenoxy) is 2. The lowest BCUT2D eigenvalue weighted by Crippen LogP contribution is -2.36. The molecule has 1 heterocycles. The Morgan fingerprint density at radius 1 is 1.14 bits per heavy atom. The van der Waals surface area contributed by atoms with Crippen LogP contribution in [-0.2, 0) is 16.0 Å². The zero-order chi connectivity index (χ0) is 19.5. The molecule has 2 aliphatic rings. The number of benzene rings is 2. The summed E-state index contributed by atoms with van der Waals surface area (Å²) in [4.78, 5) is 26.8. The van der Waals surface area contributed by atoms with Crippen molar-refractivity contribution < 1.29 is 19.1 Å². The minimum Gasteiger partial charge on any atom is -0.497 e. The lowest BCUT2D eigenvalue weighted by molar-refractivity contribution is -0.120. The maximum atomic E-state index is 12.6. The van der Waals surface area contributed by atoms with Gasteiger partial charge in [0.25, 0.3) is 5.91 Å². The van der Waals surface area contributed by atoms with Gasteiger partial charge >= 0.3 is 0 Å². The molecule has 28 heavy (non-hydrogen) atoms. The first-order valence-corrected chi connectivity index (χ1v) is 9.65. The number of carbonyl (C=O) groups is 2. The van der Waals surface area contributed by atoms with Gasteiger partial charge in [0.15, 0.2) is 6.61 Å². The van der Waals surface area contributed by atoms with Gasteiger partial charge in [-0.1, -0.05) is 12.1 Å². The van der Waals surface area contributed by atoms with Crippen LogP contribution in [0.1, 0.15) is 24.8 Å². The number of fused-ring (bicyclic) bond motifs is 1. The molecule has 0 atom stereocenters. The fraction of sp³-hybridized carbons (Fsp3) is 0.364. The van der Waals surface area contributed by atoms with Crippen LogP contribution >= 0.6 is 0 Å². The summed E-state index contributed by atoms with van der Waals surface area (Å²) >= 11 is 0. The summed E-state index contributed by atoms with van der Waals surface area (Å²) in [6.07, 6.45) is 3.91. The minimum atomic E-state index is -0.251. The molecule has 6 heteroatoms. The SMILES string of the molecule is COc1cccc(OCC(=O)Nc2ccc3c(c2)N(C(=O)C2CC2)CCC3)c1. The fourth-order valence-electron chi connectivity index (χ4n) is 3.47. The van der Waals surface area contributed by atoms with E-state index in [0.29, 0.717) is 17.2 Å². The Hall–Kier alpha value is -3.02. The van der Waals surface area contributed by atoms with Gasteiger partial charge in [0, 0.05) is 29.9 Å². The molecule has 1 N–H and O–H groups in total. The van der Waals surface area contributed by atoms with E-state index in [4.69, 9.17) is 9.47 Å². The quantitative estimate of drug-likeness (QED) is 0.834. The number of carbonyl (C=O) groups excluding carboxylic acids is 2. The van der Waals surface area contributed by atoms with Crippen molar-refractivity contribution in [3.8, 4) is 11.5 Å². The highest BCUT2D eigenvalue weighted by molar-refractivity contribution is 5.99. The van der Waals surface area contributed by atoms with Crippen LogP contribution in [-0.4, -0.2) is 32.1 Å². The first kappa shape index (κ1) is 18.3. The largest absolute Gasteiger partial charge is 0.497 e. The number of rotatable bonds is 6. The number of aryl methyl sites for hydroxylation is 1. The highest BCUT2D eigenvalue weighted by atomic mass is 16.5. The number of nitrogens with zero attached hydrogens (tertiary/aromatic N) is 1. The first-order valence-electron chi connectivity index (χ1n) is 9.65. The molecule has 0 unspecified atom stereocenters. The number of anilines is 2. The molecular formula is C22H24N2O4. The second-order valence-electron chi connectivity index (χ2n) is 7.23. The van der Waals surface area contributed by atoms with Crippen LogP contribution in [0.2, 0.25) is 0 Å². The molecule has 1 aliphatic heterocycles. The number of methoxy groups -OCH3 is 1. The Bertz CT molecular complexity index is 892. The molecule has 1 fully saturated rings. The predicted molar refractivity (Wildman–Crippen MR) is 107 cm³/mol. The summed E-state index contributed by atoms with van der Waals surface area (Å²) in [6.45, 7) is 0.646. The van der Waals surface area contributed by atoms with Crippen LogP contribution in [0.25, 0.3) is 0 Å². The Labute approximate surface area is 164 Å². The molecule has 0 radical (unpaired) electrons. The standard InChI is InChI=1S/C22H24N2O4/c1-27-18-5-2-6-19(13-18)28-14-21(25)23-17-10-9-15-4-3-11-24(20(15)12-17)22(26)16-7-8-16/h2,5-6,9-10,12-13,16H,3-4,7-8,11,14H2,1H3,(H,23,25). The predicted octanol–water partition coefficient (Wildman–Crippen LogP) is 3.40. The Morgan fingerprint density at radius 3 is 2.75 bits per heavy atom. The second kappa shape index (κ2) is 7.92. The van der Waals surface area contributed by atoms with E-state index in [1.807, 2.05) is 29.2 Å². The van der Waals surface area contributed by atoms with Crippen LogP contribution in [0.4, 0.5) is 11.4 Å². The van der Waals surface area contributed by atoms with Gasteiger partial charge in [-0.2, -0.15) is 0 Å². The number of hydrogen-bond donors (Lipinski definition) is 1.